The molecule has 27 heavy (non-hydrogen) atoms. The molecule has 0 saturated carbocycles. The third-order valence-corrected chi connectivity index (χ3v) is 3.90. The van der Waals surface area contributed by atoms with Gasteiger partial charge in [0, 0.05) is 25.7 Å². The molecule has 2 rings (SSSR count). The molecule has 2 aromatic rings. The van der Waals surface area contributed by atoms with Gasteiger partial charge in [0.1, 0.15) is 11.5 Å². The molecular formula is C20H20F3NO3. The molecule has 0 aliphatic heterocycles. The van der Waals surface area contributed by atoms with Crippen LogP contribution in [0.15, 0.2) is 48.5 Å². The Morgan fingerprint density at radius 2 is 1.67 bits per heavy atom. The van der Waals surface area contributed by atoms with Crippen LogP contribution in [0.25, 0.3) is 6.08 Å². The van der Waals surface area contributed by atoms with Crippen molar-refractivity contribution in [2.45, 2.75) is 12.7 Å². The Labute approximate surface area is 155 Å². The highest BCUT2D eigenvalue weighted by Crippen LogP contribution is 2.32. The first-order valence-corrected chi connectivity index (χ1v) is 8.06. The Hall–Kier alpha value is -2.96. The average Bonchev–Trinajstić information content (AvgIpc) is 2.65. The number of alkyl halides is 3. The molecule has 0 aliphatic carbocycles. The number of hydrogen-bond donors (Lipinski definition) is 0. The molecule has 144 valence electrons. The van der Waals surface area contributed by atoms with E-state index in [9.17, 15) is 18.0 Å². The fourth-order valence-corrected chi connectivity index (χ4v) is 2.49. The van der Waals surface area contributed by atoms with Gasteiger partial charge in [0.05, 0.1) is 19.8 Å². The third kappa shape index (κ3) is 5.51. The smallest absolute Gasteiger partial charge is 0.416 e. The number of likely N-dealkylation sites (N-methyl/N-ethyl adjacent to an activating group) is 1. The summed E-state index contributed by atoms with van der Waals surface area (Å²) in [6.07, 6.45) is -1.61. The van der Waals surface area contributed by atoms with Gasteiger partial charge in [-0.25, -0.2) is 0 Å². The van der Waals surface area contributed by atoms with Crippen molar-refractivity contribution in [1.82, 2.24) is 4.90 Å². The van der Waals surface area contributed by atoms with E-state index in [2.05, 4.69) is 0 Å². The number of amides is 1. The van der Waals surface area contributed by atoms with E-state index in [0.717, 1.165) is 6.07 Å². The van der Waals surface area contributed by atoms with Crippen LogP contribution in [0.3, 0.4) is 0 Å². The third-order valence-electron chi connectivity index (χ3n) is 3.90. The molecule has 0 N–H and O–H groups in total. The minimum absolute atomic E-state index is 0.0392. The van der Waals surface area contributed by atoms with Gasteiger partial charge in [-0.2, -0.15) is 13.2 Å². The molecule has 2 aromatic carbocycles. The molecule has 0 heterocycles. The van der Waals surface area contributed by atoms with Gasteiger partial charge in [0.2, 0.25) is 5.91 Å². The molecule has 0 unspecified atom stereocenters. The van der Waals surface area contributed by atoms with Crippen LogP contribution in [-0.2, 0) is 17.5 Å². The van der Waals surface area contributed by atoms with E-state index in [1.54, 1.807) is 24.3 Å². The van der Waals surface area contributed by atoms with Crippen LogP contribution < -0.4 is 9.47 Å². The zero-order valence-corrected chi connectivity index (χ0v) is 15.2. The number of carbonyl (C=O) groups excluding carboxylic acids is 1. The molecule has 0 aromatic heterocycles. The Balaban J connectivity index is 2.14. The normalized spacial score (nSPS) is 11.5. The molecular weight excluding hydrogens is 359 g/mol. The minimum Gasteiger partial charge on any atom is -0.497 e. The molecule has 0 radical (unpaired) electrons. The van der Waals surface area contributed by atoms with E-state index in [1.165, 1.54) is 50.4 Å². The molecule has 0 fully saturated rings. The Morgan fingerprint density at radius 1 is 1.07 bits per heavy atom. The summed E-state index contributed by atoms with van der Waals surface area (Å²) in [5.41, 5.74) is -0.0351. The van der Waals surface area contributed by atoms with Crippen molar-refractivity contribution in [3.63, 3.8) is 0 Å². The lowest BCUT2D eigenvalue weighted by Crippen LogP contribution is -2.25. The second-order valence-electron chi connectivity index (χ2n) is 5.83. The van der Waals surface area contributed by atoms with Crippen molar-refractivity contribution in [2.75, 3.05) is 21.3 Å². The fraction of sp³-hybridized carbons (Fsp3) is 0.250. The number of ether oxygens (including phenoxy) is 2. The fourth-order valence-electron chi connectivity index (χ4n) is 2.49. The molecule has 0 aliphatic rings. The Kier molecular flexibility index (Phi) is 6.50. The second kappa shape index (κ2) is 8.62. The van der Waals surface area contributed by atoms with Crippen molar-refractivity contribution in [3.8, 4) is 11.5 Å². The number of methoxy groups -OCH3 is 2. The standard InChI is InChI=1S/C20H20F3NO3/c1-24(13-15-6-4-5-7-18(15)20(21,22)23)19(25)9-8-14-10-16(26-2)12-17(11-14)27-3/h4-12H,13H2,1-3H3/b9-8+. The van der Waals surface area contributed by atoms with Gasteiger partial charge < -0.3 is 14.4 Å². The van der Waals surface area contributed by atoms with Gasteiger partial charge in [-0.3, -0.25) is 4.79 Å². The second-order valence-corrected chi connectivity index (χ2v) is 5.83. The lowest BCUT2D eigenvalue weighted by Gasteiger charge is -2.19. The SMILES string of the molecule is COc1cc(/C=C/C(=O)N(C)Cc2ccccc2C(F)(F)F)cc(OC)c1. The number of carbonyl (C=O) groups is 1. The zero-order valence-electron chi connectivity index (χ0n) is 15.2. The maximum atomic E-state index is 13.1. The van der Waals surface area contributed by atoms with Crippen molar-refractivity contribution >= 4 is 12.0 Å². The first-order valence-electron chi connectivity index (χ1n) is 8.06. The van der Waals surface area contributed by atoms with E-state index < -0.39 is 17.6 Å². The maximum absolute atomic E-state index is 13.1. The highest BCUT2D eigenvalue weighted by molar-refractivity contribution is 5.91. The molecule has 7 heteroatoms. The first-order chi connectivity index (χ1) is 12.7. The number of hydrogen-bond acceptors (Lipinski definition) is 3. The predicted octanol–water partition coefficient (Wildman–Crippen LogP) is 4.39. The number of halogens is 3. The minimum atomic E-state index is -4.46. The molecule has 0 bridgehead atoms. The summed E-state index contributed by atoms with van der Waals surface area (Å²) >= 11 is 0. The molecule has 4 nitrogen and oxygen atoms in total. The van der Waals surface area contributed by atoms with Gasteiger partial charge in [-0.05, 0) is 35.4 Å². The van der Waals surface area contributed by atoms with Crippen molar-refractivity contribution in [2.24, 2.45) is 0 Å². The summed E-state index contributed by atoms with van der Waals surface area (Å²) in [6, 6.07) is 10.3. The van der Waals surface area contributed by atoms with Gasteiger partial charge in [-0.1, -0.05) is 18.2 Å². The Morgan fingerprint density at radius 3 is 2.22 bits per heavy atom. The van der Waals surface area contributed by atoms with Crippen LogP contribution in [0.2, 0.25) is 0 Å². The lowest BCUT2D eigenvalue weighted by atomic mass is 10.1. The van der Waals surface area contributed by atoms with Crippen LogP contribution in [0.1, 0.15) is 16.7 Å². The average molecular weight is 379 g/mol. The number of rotatable bonds is 6. The predicted molar refractivity (Wildman–Crippen MR) is 96.5 cm³/mol. The summed E-state index contributed by atoms with van der Waals surface area (Å²) < 4.78 is 49.5. The summed E-state index contributed by atoms with van der Waals surface area (Å²) in [7, 11) is 4.48. The quantitative estimate of drug-likeness (QED) is 0.699. The van der Waals surface area contributed by atoms with Crippen LogP contribution in [0.5, 0.6) is 11.5 Å². The highest BCUT2D eigenvalue weighted by atomic mass is 19.4. The summed E-state index contributed by atoms with van der Waals surface area (Å²) in [5.74, 6) is 0.705. The van der Waals surface area contributed by atoms with E-state index >= 15 is 0 Å². The monoisotopic (exact) mass is 379 g/mol. The van der Waals surface area contributed by atoms with Crippen LogP contribution >= 0.6 is 0 Å². The first kappa shape index (κ1) is 20.4. The summed E-state index contributed by atoms with van der Waals surface area (Å²) in [6.45, 7) is -0.152. The number of nitrogens with zero attached hydrogens (tertiary/aromatic N) is 1. The van der Waals surface area contributed by atoms with E-state index in [-0.39, 0.29) is 12.1 Å². The van der Waals surface area contributed by atoms with Gasteiger partial charge >= 0.3 is 6.18 Å². The highest BCUT2D eigenvalue weighted by Gasteiger charge is 2.33. The Bertz CT molecular complexity index is 809. The summed E-state index contributed by atoms with van der Waals surface area (Å²) in [5, 5.41) is 0. The van der Waals surface area contributed by atoms with Gasteiger partial charge in [0.15, 0.2) is 0 Å². The van der Waals surface area contributed by atoms with Gasteiger partial charge in [-0.15, -0.1) is 0 Å². The van der Waals surface area contributed by atoms with Gasteiger partial charge in [0.25, 0.3) is 0 Å². The molecule has 1 amide bonds. The summed E-state index contributed by atoms with van der Waals surface area (Å²) in [4.78, 5) is 13.5. The zero-order chi connectivity index (χ0) is 20.0. The molecule has 0 spiro atoms. The van der Waals surface area contributed by atoms with E-state index in [0.29, 0.717) is 17.1 Å². The van der Waals surface area contributed by atoms with E-state index in [4.69, 9.17) is 9.47 Å². The van der Waals surface area contributed by atoms with Crippen LogP contribution in [0, 0.1) is 0 Å². The van der Waals surface area contributed by atoms with E-state index in [1.807, 2.05) is 0 Å². The van der Waals surface area contributed by atoms with Crippen molar-refractivity contribution < 1.29 is 27.4 Å². The molecule has 0 atom stereocenters. The van der Waals surface area contributed by atoms with Crippen LogP contribution in [-0.4, -0.2) is 32.1 Å². The number of benzene rings is 2. The largest absolute Gasteiger partial charge is 0.497 e. The topological polar surface area (TPSA) is 38.8 Å². The van der Waals surface area contributed by atoms with Crippen molar-refractivity contribution in [3.05, 3.63) is 65.2 Å². The van der Waals surface area contributed by atoms with Crippen molar-refractivity contribution in [1.29, 1.82) is 0 Å². The van der Waals surface area contributed by atoms with Crippen LogP contribution in [0.4, 0.5) is 13.2 Å². The lowest BCUT2D eigenvalue weighted by molar-refractivity contribution is -0.139. The molecule has 0 saturated heterocycles. The maximum Gasteiger partial charge on any atom is 0.416 e.